The highest BCUT2D eigenvalue weighted by molar-refractivity contribution is 6.43. The molecule has 0 unspecified atom stereocenters. The molecule has 17 rings (SSSR count). The van der Waals surface area contributed by atoms with Gasteiger partial charge in [0.2, 0.25) is 11.4 Å². The molecule has 0 N–H and O–H groups in total. The Balaban J connectivity index is 1.12. The van der Waals surface area contributed by atoms with Gasteiger partial charge < -0.3 is 4.74 Å². The fourth-order valence-electron chi connectivity index (χ4n) is 14.7. The highest BCUT2D eigenvalue weighted by Crippen LogP contribution is 2.72. The van der Waals surface area contributed by atoms with Crippen molar-refractivity contribution in [1.82, 2.24) is 0 Å². The number of ether oxygens (including phenoxy) is 1. The third-order valence-electron chi connectivity index (χ3n) is 17.4. The first-order valence-electron chi connectivity index (χ1n) is 26.0. The second-order valence-corrected chi connectivity index (χ2v) is 20.7. The highest BCUT2D eigenvalue weighted by atomic mass is 16.5. The molecule has 0 aromatic heterocycles. The Bertz CT molecular complexity index is 4840. The summed E-state index contributed by atoms with van der Waals surface area (Å²) in [5.74, 6) is 0.671. The molecule has 14 aromatic carbocycles. The molecule has 0 fully saturated rings. The first-order chi connectivity index (χ1) is 37.2. The van der Waals surface area contributed by atoms with Crippen LogP contribution in [0.5, 0.6) is 5.75 Å². The normalized spacial score (nSPS) is 17.5. The van der Waals surface area contributed by atoms with E-state index in [2.05, 4.69) is 231 Å². The summed E-state index contributed by atoms with van der Waals surface area (Å²) in [5, 5.41) is 16.6. The maximum atomic E-state index is 16.8. The van der Waals surface area contributed by atoms with Crippen LogP contribution >= 0.6 is 0 Å². The lowest BCUT2D eigenvalue weighted by Gasteiger charge is -2.53. The van der Waals surface area contributed by atoms with E-state index in [1.807, 2.05) is 24.3 Å². The Hall–Kier alpha value is -9.63. The molecule has 75 heavy (non-hydrogen) atoms. The lowest BCUT2D eigenvalue weighted by Crippen LogP contribution is -2.58. The average Bonchev–Trinajstić information content (AvgIpc) is 3.87. The van der Waals surface area contributed by atoms with Crippen LogP contribution in [-0.2, 0) is 15.8 Å². The van der Waals surface area contributed by atoms with Crippen LogP contribution in [0.4, 0.5) is 0 Å². The minimum absolute atomic E-state index is 0.0417. The zero-order valence-corrected chi connectivity index (χ0v) is 40.6. The number of hydrogen-bond acceptors (Lipinski definition) is 2. The molecule has 14 aromatic rings. The summed E-state index contributed by atoms with van der Waals surface area (Å²) in [6, 6.07) is 92.2. The van der Waals surface area contributed by atoms with E-state index in [9.17, 15) is 0 Å². The molecule has 2 nitrogen and oxygen atoms in total. The van der Waals surface area contributed by atoms with Crippen molar-refractivity contribution in [2.45, 2.75) is 11.0 Å². The smallest absolute Gasteiger partial charge is 0.214 e. The Kier molecular flexibility index (Phi) is 8.05. The van der Waals surface area contributed by atoms with Crippen molar-refractivity contribution in [2.75, 3.05) is 0 Å². The number of ketones is 1. The molecular weight excluding hydrogens is 909 g/mol. The van der Waals surface area contributed by atoms with Crippen LogP contribution in [0.15, 0.2) is 255 Å². The monoisotopic (exact) mass is 950 g/mol. The van der Waals surface area contributed by atoms with E-state index >= 15 is 4.79 Å². The SMILES string of the molecule is O=C1C(c2ccccc2)=C2c3ccccc3-c3ccccc3[C@@]23c2ccc4ccc5c6c(-c7ccccc7)c7c8ccccc8c8ccccc8c7c(-c7ccccc7)c6cc6cc(c2c4c65)O[C@@]13c1ccccc1. The van der Waals surface area contributed by atoms with Crippen LogP contribution in [0, 0.1) is 0 Å². The molecule has 2 heteroatoms. The van der Waals surface area contributed by atoms with Gasteiger partial charge in [-0.15, -0.1) is 0 Å². The predicted molar refractivity (Wildman–Crippen MR) is 311 cm³/mol. The fourth-order valence-corrected chi connectivity index (χ4v) is 14.7. The number of Topliss-reactive ketones (excluding diaryl/α,β-unsaturated/α-hetero) is 1. The van der Waals surface area contributed by atoms with Crippen LogP contribution in [-0.4, -0.2) is 5.78 Å². The molecule has 0 saturated carbocycles. The molecule has 0 radical (unpaired) electrons. The van der Waals surface area contributed by atoms with Crippen LogP contribution in [0.3, 0.4) is 0 Å². The summed E-state index contributed by atoms with van der Waals surface area (Å²) < 4.78 is 8.11. The van der Waals surface area contributed by atoms with Crippen molar-refractivity contribution in [1.29, 1.82) is 0 Å². The molecule has 1 spiro atoms. The van der Waals surface area contributed by atoms with E-state index in [-0.39, 0.29) is 5.78 Å². The van der Waals surface area contributed by atoms with Gasteiger partial charge in [-0.3, -0.25) is 4.79 Å². The molecule has 2 aliphatic carbocycles. The molecule has 0 bridgehead atoms. The predicted octanol–water partition coefficient (Wildman–Crippen LogP) is 18.3. The van der Waals surface area contributed by atoms with E-state index < -0.39 is 11.0 Å². The Morgan fingerprint density at radius 3 is 1.53 bits per heavy atom. The summed E-state index contributed by atoms with van der Waals surface area (Å²) in [7, 11) is 0. The van der Waals surface area contributed by atoms with E-state index in [4.69, 9.17) is 4.74 Å². The first kappa shape index (κ1) is 40.9. The van der Waals surface area contributed by atoms with Crippen molar-refractivity contribution in [3.8, 4) is 39.1 Å². The third-order valence-corrected chi connectivity index (χ3v) is 17.4. The maximum Gasteiger partial charge on any atom is 0.214 e. The van der Waals surface area contributed by atoms with Gasteiger partial charge in [0.05, 0.1) is 5.41 Å². The number of carbonyl (C=O) groups is 1. The summed E-state index contributed by atoms with van der Waals surface area (Å²) in [4.78, 5) is 16.8. The van der Waals surface area contributed by atoms with Crippen molar-refractivity contribution < 1.29 is 9.53 Å². The molecule has 2 atom stereocenters. The van der Waals surface area contributed by atoms with Gasteiger partial charge in [0.1, 0.15) is 5.75 Å². The molecule has 1 aliphatic heterocycles. The van der Waals surface area contributed by atoms with Gasteiger partial charge in [-0.05, 0) is 138 Å². The van der Waals surface area contributed by atoms with Crippen molar-refractivity contribution in [3.63, 3.8) is 0 Å². The Morgan fingerprint density at radius 2 is 0.853 bits per heavy atom. The number of benzene rings is 14. The quantitative estimate of drug-likeness (QED) is 0.130. The van der Waals surface area contributed by atoms with Gasteiger partial charge in [0, 0.05) is 21.9 Å². The zero-order valence-electron chi connectivity index (χ0n) is 40.6. The second kappa shape index (κ2) is 14.8. The third kappa shape index (κ3) is 4.97. The molecular formula is C73H42O2. The van der Waals surface area contributed by atoms with Crippen LogP contribution in [0.1, 0.15) is 27.8 Å². The zero-order chi connectivity index (χ0) is 49.1. The number of rotatable bonds is 4. The van der Waals surface area contributed by atoms with E-state index in [1.54, 1.807) is 0 Å². The van der Waals surface area contributed by atoms with Gasteiger partial charge in [-0.2, -0.15) is 0 Å². The van der Waals surface area contributed by atoms with E-state index in [0.29, 0.717) is 11.3 Å². The molecule has 3 aliphatic rings. The Morgan fingerprint density at radius 1 is 0.320 bits per heavy atom. The van der Waals surface area contributed by atoms with Gasteiger partial charge in [0.15, 0.2) is 0 Å². The van der Waals surface area contributed by atoms with E-state index in [1.165, 1.54) is 70.6 Å². The van der Waals surface area contributed by atoms with Gasteiger partial charge in [-0.25, -0.2) is 0 Å². The number of fused-ring (bicyclic) bond motifs is 12. The van der Waals surface area contributed by atoms with Gasteiger partial charge in [-0.1, -0.05) is 243 Å². The van der Waals surface area contributed by atoms with Gasteiger partial charge >= 0.3 is 0 Å². The average molecular weight is 951 g/mol. The largest absolute Gasteiger partial charge is 0.472 e. The van der Waals surface area contributed by atoms with Crippen molar-refractivity contribution >= 4 is 92.3 Å². The lowest BCUT2D eigenvalue weighted by molar-refractivity contribution is -0.131. The minimum Gasteiger partial charge on any atom is -0.472 e. The number of hydrogen-bond donors (Lipinski definition) is 0. The van der Waals surface area contributed by atoms with Gasteiger partial charge in [0.25, 0.3) is 0 Å². The number of carbonyl (C=O) groups excluding carboxylic acids is 1. The summed E-state index contributed by atoms with van der Waals surface area (Å²) in [6.07, 6.45) is 0. The van der Waals surface area contributed by atoms with Crippen LogP contribution < -0.4 is 4.74 Å². The second-order valence-electron chi connectivity index (χ2n) is 20.7. The van der Waals surface area contributed by atoms with Crippen molar-refractivity contribution in [2.24, 2.45) is 0 Å². The summed E-state index contributed by atoms with van der Waals surface area (Å²) in [6.45, 7) is 0. The molecule has 346 valence electrons. The Labute approximate surface area is 432 Å². The minimum atomic E-state index is -1.53. The van der Waals surface area contributed by atoms with Crippen molar-refractivity contribution in [3.05, 3.63) is 283 Å². The fraction of sp³-hybridized carbons (Fsp3) is 0.0274. The van der Waals surface area contributed by atoms with Crippen LogP contribution in [0.25, 0.3) is 120 Å². The maximum absolute atomic E-state index is 16.8. The molecule has 1 heterocycles. The highest BCUT2D eigenvalue weighted by Gasteiger charge is 2.72. The van der Waals surface area contributed by atoms with Crippen LogP contribution in [0.2, 0.25) is 0 Å². The topological polar surface area (TPSA) is 26.3 Å². The first-order valence-corrected chi connectivity index (χ1v) is 26.0. The summed E-state index contributed by atoms with van der Waals surface area (Å²) in [5.41, 5.74) is 10.9. The van der Waals surface area contributed by atoms with E-state index in [0.717, 1.165) is 71.6 Å². The molecule has 0 amide bonds. The summed E-state index contributed by atoms with van der Waals surface area (Å²) >= 11 is 0. The molecule has 0 saturated heterocycles. The standard InChI is InChI=1S/C73H42O2/c74-71-65(45-25-9-3-10-26-45)70-55-35-18-15-31-51(55)52-32-19-20-36-58(52)72(70)59-40-38-46-37-39-56-62-47(42-60(69(59)63(46)62)75-73(71,72)48-27-11-4-12-28-48)41-57-61(43-21-5-1-6-22-43)67-53-33-16-13-29-49(53)50-30-14-17-34-54(50)68(67)64(66(56)57)44-23-7-2-8-24-44/h1-42H/t72-,73+/m1/s1. The lowest BCUT2D eigenvalue weighted by atomic mass is 9.53.